The zero-order valence-electron chi connectivity index (χ0n) is 7.82. The maximum Gasteiger partial charge on any atom is 0.213 e. The van der Waals surface area contributed by atoms with Gasteiger partial charge in [0.15, 0.2) is 6.20 Å². The molecule has 0 unspecified atom stereocenters. The van der Waals surface area contributed by atoms with E-state index in [-0.39, 0.29) is 0 Å². The Morgan fingerprint density at radius 2 is 1.92 bits per heavy atom. The molecule has 0 aliphatic rings. The molecule has 0 aliphatic carbocycles. The highest BCUT2D eigenvalue weighted by Gasteiger charge is 2.06. The smallest absolute Gasteiger partial charge is 0.201 e. The van der Waals surface area contributed by atoms with Crippen molar-refractivity contribution in [1.82, 2.24) is 0 Å². The van der Waals surface area contributed by atoms with Gasteiger partial charge in [-0.05, 0) is 12.3 Å². The van der Waals surface area contributed by atoms with Crippen LogP contribution >= 0.6 is 11.8 Å². The van der Waals surface area contributed by atoms with E-state index in [1.165, 1.54) is 15.8 Å². The number of benzene rings is 1. The van der Waals surface area contributed by atoms with Crippen LogP contribution in [0.25, 0.3) is 10.9 Å². The lowest BCUT2D eigenvalue weighted by Crippen LogP contribution is -2.28. The number of para-hydroxylation sites is 1. The monoisotopic (exact) mass is 190 g/mol. The molecule has 0 saturated carbocycles. The number of hydrogen-bond donors (Lipinski definition) is 0. The molecule has 0 atom stereocenters. The normalized spacial score (nSPS) is 10.6. The predicted octanol–water partition coefficient (Wildman–Crippen LogP) is 2.39. The fraction of sp³-hybridized carbons (Fsp3) is 0.182. The van der Waals surface area contributed by atoms with Crippen molar-refractivity contribution in [2.75, 3.05) is 6.26 Å². The Balaban J connectivity index is 2.84. The minimum absolute atomic E-state index is 1.29. The highest BCUT2D eigenvalue weighted by atomic mass is 32.2. The van der Waals surface area contributed by atoms with Crippen LogP contribution < -0.4 is 4.57 Å². The first-order chi connectivity index (χ1) is 6.33. The van der Waals surface area contributed by atoms with Gasteiger partial charge in [-0.15, -0.1) is 11.8 Å². The summed E-state index contributed by atoms with van der Waals surface area (Å²) < 4.78 is 2.15. The van der Waals surface area contributed by atoms with Gasteiger partial charge in [0, 0.05) is 17.0 Å². The molecule has 1 heterocycles. The summed E-state index contributed by atoms with van der Waals surface area (Å²) in [5.41, 5.74) is 1.29. The van der Waals surface area contributed by atoms with Crippen LogP contribution in [0.5, 0.6) is 0 Å². The van der Waals surface area contributed by atoms with E-state index in [2.05, 4.69) is 54.4 Å². The molecular formula is C11H12NS+. The molecule has 0 N–H and O–H groups in total. The van der Waals surface area contributed by atoms with E-state index in [0.29, 0.717) is 0 Å². The van der Waals surface area contributed by atoms with Gasteiger partial charge in [-0.2, -0.15) is 0 Å². The van der Waals surface area contributed by atoms with Gasteiger partial charge in [-0.25, -0.2) is 4.57 Å². The first-order valence-corrected chi connectivity index (χ1v) is 5.47. The lowest BCUT2D eigenvalue weighted by atomic mass is 10.2. The molecule has 0 aliphatic heterocycles. The SMILES string of the molecule is CSc1cc[n+](C)c2ccccc12. The largest absolute Gasteiger partial charge is 0.213 e. The van der Waals surface area contributed by atoms with Gasteiger partial charge in [0.1, 0.15) is 7.05 Å². The van der Waals surface area contributed by atoms with Crippen LogP contribution in [-0.2, 0) is 7.05 Å². The van der Waals surface area contributed by atoms with Crippen molar-refractivity contribution in [3.63, 3.8) is 0 Å². The molecule has 0 amide bonds. The number of thioether (sulfide) groups is 1. The first kappa shape index (κ1) is 8.57. The third-order valence-electron chi connectivity index (χ3n) is 2.22. The molecule has 2 aromatic rings. The van der Waals surface area contributed by atoms with Crippen molar-refractivity contribution in [3.8, 4) is 0 Å². The van der Waals surface area contributed by atoms with Crippen molar-refractivity contribution < 1.29 is 4.57 Å². The van der Waals surface area contributed by atoms with Gasteiger partial charge in [0.05, 0.1) is 5.39 Å². The minimum Gasteiger partial charge on any atom is -0.201 e. The lowest BCUT2D eigenvalue weighted by molar-refractivity contribution is -0.645. The molecule has 1 aromatic heterocycles. The van der Waals surface area contributed by atoms with E-state index in [1.807, 2.05) is 0 Å². The zero-order chi connectivity index (χ0) is 9.26. The first-order valence-electron chi connectivity index (χ1n) is 4.24. The molecule has 0 bridgehead atoms. The van der Waals surface area contributed by atoms with E-state index in [1.54, 1.807) is 11.8 Å². The summed E-state index contributed by atoms with van der Waals surface area (Å²) in [5, 5.41) is 1.33. The van der Waals surface area contributed by atoms with Crippen LogP contribution in [0, 0.1) is 0 Å². The molecular weight excluding hydrogens is 178 g/mol. The van der Waals surface area contributed by atoms with Gasteiger partial charge in [0.25, 0.3) is 0 Å². The van der Waals surface area contributed by atoms with Crippen LogP contribution in [0.3, 0.4) is 0 Å². The molecule has 66 valence electrons. The summed E-state index contributed by atoms with van der Waals surface area (Å²) in [5.74, 6) is 0. The highest BCUT2D eigenvalue weighted by Crippen LogP contribution is 2.22. The van der Waals surface area contributed by atoms with Crippen LogP contribution in [0.15, 0.2) is 41.4 Å². The number of aromatic nitrogens is 1. The maximum atomic E-state index is 2.17. The van der Waals surface area contributed by atoms with Crippen molar-refractivity contribution in [3.05, 3.63) is 36.5 Å². The quantitative estimate of drug-likeness (QED) is 0.493. The lowest BCUT2D eigenvalue weighted by Gasteiger charge is -2.00. The maximum absolute atomic E-state index is 2.17. The summed E-state index contributed by atoms with van der Waals surface area (Å²) in [6.45, 7) is 0. The molecule has 0 radical (unpaired) electrons. The minimum atomic E-state index is 1.29. The van der Waals surface area contributed by atoms with Crippen molar-refractivity contribution in [1.29, 1.82) is 0 Å². The molecule has 2 heteroatoms. The van der Waals surface area contributed by atoms with Crippen LogP contribution in [0.2, 0.25) is 0 Å². The van der Waals surface area contributed by atoms with Crippen LogP contribution in [0.1, 0.15) is 0 Å². The predicted molar refractivity (Wildman–Crippen MR) is 56.9 cm³/mol. The topological polar surface area (TPSA) is 3.88 Å². The summed E-state index contributed by atoms with van der Waals surface area (Å²) in [6.07, 6.45) is 4.22. The summed E-state index contributed by atoms with van der Waals surface area (Å²) >= 11 is 1.79. The van der Waals surface area contributed by atoms with E-state index >= 15 is 0 Å². The molecule has 2 rings (SSSR count). The average Bonchev–Trinajstić information content (AvgIpc) is 2.19. The third-order valence-corrected chi connectivity index (χ3v) is 3.01. The Labute approximate surface area is 82.4 Å². The summed E-state index contributed by atoms with van der Waals surface area (Å²) in [7, 11) is 2.08. The second-order valence-corrected chi connectivity index (χ2v) is 3.86. The second kappa shape index (κ2) is 3.38. The molecule has 0 saturated heterocycles. The van der Waals surface area contributed by atoms with Gasteiger partial charge >= 0.3 is 0 Å². The Bertz CT molecular complexity index is 437. The standard InChI is InChI=1S/C11H12NS/c1-12-8-7-11(13-2)9-5-3-4-6-10(9)12/h3-8H,1-2H3/q+1. The molecule has 13 heavy (non-hydrogen) atoms. The van der Waals surface area contributed by atoms with Crippen LogP contribution in [-0.4, -0.2) is 6.26 Å². The van der Waals surface area contributed by atoms with Crippen molar-refractivity contribution in [2.45, 2.75) is 4.90 Å². The van der Waals surface area contributed by atoms with Gasteiger partial charge < -0.3 is 0 Å². The Hall–Kier alpha value is -1.02. The fourth-order valence-corrected chi connectivity index (χ4v) is 2.11. The van der Waals surface area contributed by atoms with E-state index in [4.69, 9.17) is 0 Å². The van der Waals surface area contributed by atoms with Crippen molar-refractivity contribution in [2.24, 2.45) is 7.05 Å². The van der Waals surface area contributed by atoms with Crippen LogP contribution in [0.4, 0.5) is 0 Å². The number of fused-ring (bicyclic) bond motifs is 1. The number of rotatable bonds is 1. The number of hydrogen-bond acceptors (Lipinski definition) is 1. The van der Waals surface area contributed by atoms with Gasteiger partial charge in [-0.1, -0.05) is 12.1 Å². The van der Waals surface area contributed by atoms with Gasteiger partial charge in [-0.3, -0.25) is 0 Å². The fourth-order valence-electron chi connectivity index (χ4n) is 1.52. The zero-order valence-corrected chi connectivity index (χ0v) is 8.64. The number of aryl methyl sites for hydroxylation is 1. The van der Waals surface area contributed by atoms with E-state index < -0.39 is 0 Å². The molecule has 1 nitrogen and oxygen atoms in total. The Morgan fingerprint density at radius 3 is 2.69 bits per heavy atom. The van der Waals surface area contributed by atoms with Crippen molar-refractivity contribution >= 4 is 22.7 Å². The molecule has 1 aromatic carbocycles. The highest BCUT2D eigenvalue weighted by molar-refractivity contribution is 7.98. The molecule has 0 fully saturated rings. The molecule has 0 spiro atoms. The number of pyridine rings is 1. The third kappa shape index (κ3) is 1.42. The Kier molecular flexibility index (Phi) is 2.23. The van der Waals surface area contributed by atoms with E-state index in [0.717, 1.165) is 0 Å². The summed E-state index contributed by atoms with van der Waals surface area (Å²) in [6, 6.07) is 10.6. The number of nitrogens with zero attached hydrogens (tertiary/aromatic N) is 1. The summed E-state index contributed by atoms with van der Waals surface area (Å²) in [4.78, 5) is 1.34. The van der Waals surface area contributed by atoms with Gasteiger partial charge in [0.2, 0.25) is 5.52 Å². The average molecular weight is 190 g/mol. The Morgan fingerprint density at radius 1 is 1.15 bits per heavy atom. The van der Waals surface area contributed by atoms with E-state index in [9.17, 15) is 0 Å². The second-order valence-electron chi connectivity index (χ2n) is 3.01.